The highest BCUT2D eigenvalue weighted by Gasteiger charge is 2.34. The SMILES string of the molecule is CCOC(=O)C1=C(C)N=c2sc(=Cc3cc(Br)c(O)c(OC)c3)c(=O)n2[C@H]1c1ccc(OC)c(OC)c1. The molecule has 0 spiro atoms. The highest BCUT2D eigenvalue weighted by molar-refractivity contribution is 9.10. The number of nitrogens with zero attached hydrogens (tertiary/aromatic N) is 2. The first-order valence-corrected chi connectivity index (χ1v) is 12.8. The molecule has 0 unspecified atom stereocenters. The third kappa shape index (κ3) is 4.88. The van der Waals surface area contributed by atoms with E-state index in [0.29, 0.717) is 42.1 Å². The molecule has 2 heterocycles. The van der Waals surface area contributed by atoms with Gasteiger partial charge in [-0.15, -0.1) is 0 Å². The molecular weight excluding hydrogens is 564 g/mol. The van der Waals surface area contributed by atoms with E-state index in [0.717, 1.165) is 0 Å². The number of rotatable bonds is 7. The standard InChI is InChI=1S/C26H25BrN2O7S/c1-6-36-25(32)21-13(2)28-26-29(22(21)15-7-8-17(33-3)18(12-15)34-4)24(31)20(37-26)11-14-9-16(27)23(30)19(10-14)35-5/h7-12,22,30H,6H2,1-5H3/t22-/m0/s1. The number of aromatic hydroxyl groups is 1. The van der Waals surface area contributed by atoms with E-state index < -0.39 is 12.0 Å². The molecule has 0 aliphatic carbocycles. The van der Waals surface area contributed by atoms with Crippen LogP contribution in [0.4, 0.5) is 0 Å². The number of hydrogen-bond acceptors (Lipinski definition) is 9. The van der Waals surface area contributed by atoms with E-state index in [9.17, 15) is 14.7 Å². The Morgan fingerprint density at radius 2 is 1.84 bits per heavy atom. The molecule has 37 heavy (non-hydrogen) atoms. The molecule has 0 bridgehead atoms. The van der Waals surface area contributed by atoms with Crippen LogP contribution in [0.3, 0.4) is 0 Å². The van der Waals surface area contributed by atoms with Crippen LogP contribution in [0.15, 0.2) is 55.9 Å². The Hall–Kier alpha value is -3.57. The van der Waals surface area contributed by atoms with Gasteiger partial charge in [-0.05, 0) is 71.2 Å². The lowest BCUT2D eigenvalue weighted by atomic mass is 9.95. The highest BCUT2D eigenvalue weighted by atomic mass is 79.9. The number of carbonyl (C=O) groups excluding carboxylic acids is 1. The summed E-state index contributed by atoms with van der Waals surface area (Å²) in [5, 5.41) is 10.1. The van der Waals surface area contributed by atoms with E-state index in [-0.39, 0.29) is 29.2 Å². The van der Waals surface area contributed by atoms with E-state index in [2.05, 4.69) is 20.9 Å². The zero-order valence-corrected chi connectivity index (χ0v) is 23.2. The number of ether oxygens (including phenoxy) is 4. The number of phenols is 1. The first kappa shape index (κ1) is 26.5. The van der Waals surface area contributed by atoms with Gasteiger partial charge in [0.15, 0.2) is 27.8 Å². The van der Waals surface area contributed by atoms with Crippen LogP contribution >= 0.6 is 27.3 Å². The molecule has 9 nitrogen and oxygen atoms in total. The third-order valence-electron chi connectivity index (χ3n) is 5.81. The minimum absolute atomic E-state index is 0.0377. The summed E-state index contributed by atoms with van der Waals surface area (Å²) in [4.78, 5) is 31.9. The normalized spacial score (nSPS) is 15.2. The largest absolute Gasteiger partial charge is 0.503 e. The number of fused-ring (bicyclic) bond motifs is 1. The molecule has 1 N–H and O–H groups in total. The summed E-state index contributed by atoms with van der Waals surface area (Å²) in [5.74, 6) is 0.649. The fourth-order valence-corrected chi connectivity index (χ4v) is 5.62. The van der Waals surface area contributed by atoms with E-state index >= 15 is 0 Å². The van der Waals surface area contributed by atoms with Crippen LogP contribution in [0.2, 0.25) is 0 Å². The van der Waals surface area contributed by atoms with E-state index in [1.54, 1.807) is 50.3 Å². The monoisotopic (exact) mass is 588 g/mol. The maximum Gasteiger partial charge on any atom is 0.338 e. The zero-order chi connectivity index (χ0) is 26.9. The Bertz CT molecular complexity index is 1590. The van der Waals surface area contributed by atoms with E-state index in [4.69, 9.17) is 18.9 Å². The molecule has 1 aromatic heterocycles. The molecule has 4 rings (SSSR count). The quantitative estimate of drug-likeness (QED) is 0.422. The topological polar surface area (TPSA) is 109 Å². The van der Waals surface area contributed by atoms with E-state index in [1.165, 1.54) is 37.2 Å². The number of hydrogen-bond donors (Lipinski definition) is 1. The maximum atomic E-state index is 13.8. The number of methoxy groups -OCH3 is 3. The van der Waals surface area contributed by atoms with Crippen LogP contribution in [0.1, 0.15) is 31.0 Å². The summed E-state index contributed by atoms with van der Waals surface area (Å²) in [7, 11) is 4.50. The van der Waals surface area contributed by atoms with Gasteiger partial charge in [0.1, 0.15) is 0 Å². The van der Waals surface area contributed by atoms with Crippen molar-refractivity contribution >= 4 is 39.3 Å². The average molecular weight is 589 g/mol. The Kier molecular flexibility index (Phi) is 7.74. The van der Waals surface area contributed by atoms with Gasteiger partial charge in [-0.25, -0.2) is 9.79 Å². The van der Waals surface area contributed by atoms with Crippen molar-refractivity contribution in [2.45, 2.75) is 19.9 Å². The summed E-state index contributed by atoms with van der Waals surface area (Å²) >= 11 is 4.50. The van der Waals surface area contributed by atoms with Crippen molar-refractivity contribution in [3.63, 3.8) is 0 Å². The van der Waals surface area contributed by atoms with Crippen molar-refractivity contribution in [1.82, 2.24) is 4.57 Å². The number of allylic oxidation sites excluding steroid dienone is 1. The summed E-state index contributed by atoms with van der Waals surface area (Å²) in [6, 6.07) is 7.75. The van der Waals surface area contributed by atoms with Gasteiger partial charge in [0.2, 0.25) is 0 Å². The van der Waals surface area contributed by atoms with Crippen LogP contribution in [-0.4, -0.2) is 43.6 Å². The minimum Gasteiger partial charge on any atom is -0.503 e. The van der Waals surface area contributed by atoms with Crippen molar-refractivity contribution in [2.75, 3.05) is 27.9 Å². The first-order chi connectivity index (χ1) is 17.7. The van der Waals surface area contributed by atoms with Crippen LogP contribution in [0.5, 0.6) is 23.0 Å². The number of halogens is 1. The van der Waals surface area contributed by atoms with E-state index in [1.807, 2.05) is 0 Å². The Morgan fingerprint density at radius 3 is 2.49 bits per heavy atom. The smallest absolute Gasteiger partial charge is 0.338 e. The number of esters is 1. The maximum absolute atomic E-state index is 13.8. The first-order valence-electron chi connectivity index (χ1n) is 11.2. The lowest BCUT2D eigenvalue weighted by Crippen LogP contribution is -2.40. The van der Waals surface area contributed by atoms with Crippen molar-refractivity contribution in [3.8, 4) is 23.0 Å². The third-order valence-corrected chi connectivity index (χ3v) is 7.40. The Morgan fingerprint density at radius 1 is 1.14 bits per heavy atom. The predicted octanol–water partition coefficient (Wildman–Crippen LogP) is 3.29. The molecule has 2 aromatic carbocycles. The van der Waals surface area contributed by atoms with Crippen molar-refractivity contribution < 1.29 is 28.8 Å². The Balaban J connectivity index is 1.97. The predicted molar refractivity (Wildman–Crippen MR) is 142 cm³/mol. The summed E-state index contributed by atoms with van der Waals surface area (Å²) in [6.45, 7) is 3.62. The number of carbonyl (C=O) groups is 1. The second-order valence-corrected chi connectivity index (χ2v) is 9.83. The summed E-state index contributed by atoms with van der Waals surface area (Å²) < 4.78 is 23.7. The van der Waals surface area contributed by atoms with Gasteiger partial charge in [-0.3, -0.25) is 9.36 Å². The van der Waals surface area contributed by atoms with Gasteiger partial charge in [-0.2, -0.15) is 0 Å². The molecule has 0 amide bonds. The van der Waals surface area contributed by atoms with Crippen LogP contribution in [-0.2, 0) is 9.53 Å². The van der Waals surface area contributed by atoms with Crippen molar-refractivity contribution in [1.29, 1.82) is 0 Å². The summed E-state index contributed by atoms with van der Waals surface area (Å²) in [5.41, 5.74) is 1.66. The lowest BCUT2D eigenvalue weighted by Gasteiger charge is -2.25. The second kappa shape index (κ2) is 10.8. The molecule has 1 atom stereocenters. The van der Waals surface area contributed by atoms with Crippen LogP contribution < -0.4 is 29.1 Å². The molecule has 0 radical (unpaired) electrons. The summed E-state index contributed by atoms with van der Waals surface area (Å²) in [6.07, 6.45) is 1.69. The molecule has 1 aliphatic rings. The van der Waals surface area contributed by atoms with Crippen LogP contribution in [0, 0.1) is 0 Å². The number of benzene rings is 2. The fourth-order valence-electron chi connectivity index (χ4n) is 4.11. The molecule has 11 heteroatoms. The van der Waals surface area contributed by atoms with Gasteiger partial charge < -0.3 is 24.1 Å². The van der Waals surface area contributed by atoms with Crippen molar-refractivity contribution in [3.05, 3.63) is 76.9 Å². The molecule has 0 fully saturated rings. The van der Waals surface area contributed by atoms with Gasteiger partial charge in [-0.1, -0.05) is 17.4 Å². The Labute approximate surface area is 225 Å². The molecule has 194 valence electrons. The molecule has 0 saturated carbocycles. The van der Waals surface area contributed by atoms with Gasteiger partial charge >= 0.3 is 5.97 Å². The second-order valence-electron chi connectivity index (χ2n) is 7.97. The number of thiazole rings is 1. The number of aromatic nitrogens is 1. The van der Waals surface area contributed by atoms with Gasteiger partial charge in [0.05, 0.1) is 54.3 Å². The van der Waals surface area contributed by atoms with Crippen LogP contribution in [0.25, 0.3) is 6.08 Å². The highest BCUT2D eigenvalue weighted by Crippen LogP contribution is 2.37. The number of phenolic OH excluding ortho intramolecular Hbond substituents is 1. The molecule has 0 saturated heterocycles. The lowest BCUT2D eigenvalue weighted by molar-refractivity contribution is -0.139. The van der Waals surface area contributed by atoms with Gasteiger partial charge in [0.25, 0.3) is 5.56 Å². The van der Waals surface area contributed by atoms with Gasteiger partial charge in [0, 0.05) is 0 Å². The van der Waals surface area contributed by atoms with Crippen molar-refractivity contribution in [2.24, 2.45) is 4.99 Å². The fraction of sp³-hybridized carbons (Fsp3) is 0.269. The minimum atomic E-state index is -0.793. The molecule has 1 aliphatic heterocycles. The zero-order valence-electron chi connectivity index (χ0n) is 20.8. The molecular formula is C26H25BrN2O7S. The molecule has 3 aromatic rings. The average Bonchev–Trinajstić information content (AvgIpc) is 3.18.